The molecule has 0 radical (unpaired) electrons. The van der Waals surface area contributed by atoms with Crippen LogP contribution in [0, 0.1) is 11.6 Å². The van der Waals surface area contributed by atoms with Crippen LogP contribution in [0.15, 0.2) is 18.2 Å². The molecule has 1 aromatic rings. The molecule has 82 valence electrons. The maximum absolute atomic E-state index is 12.8. The van der Waals surface area contributed by atoms with Gasteiger partial charge in [-0.1, -0.05) is 6.07 Å². The third kappa shape index (κ3) is 2.99. The van der Waals surface area contributed by atoms with Crippen LogP contribution < -0.4 is 5.32 Å². The van der Waals surface area contributed by atoms with Crippen molar-refractivity contribution in [3.63, 3.8) is 0 Å². The van der Waals surface area contributed by atoms with Crippen LogP contribution in [-0.2, 0) is 4.79 Å². The monoisotopic (exact) mass is 215 g/mol. The van der Waals surface area contributed by atoms with Crippen molar-refractivity contribution in [2.45, 2.75) is 13.0 Å². The fraction of sp³-hybridized carbons (Fsp3) is 0.300. The third-order valence-corrected chi connectivity index (χ3v) is 1.91. The standard InChI is InChI=1S/C10H11F2NO2/c1-6(15)13-10(5-14)7-2-3-8(11)9(12)4-7/h2-4,10,14H,5H2,1H3,(H,13,15). The summed E-state index contributed by atoms with van der Waals surface area (Å²) >= 11 is 0. The molecular weight excluding hydrogens is 204 g/mol. The van der Waals surface area contributed by atoms with Crippen molar-refractivity contribution in [2.24, 2.45) is 0 Å². The van der Waals surface area contributed by atoms with Crippen LogP contribution in [0.25, 0.3) is 0 Å². The normalized spacial score (nSPS) is 12.3. The van der Waals surface area contributed by atoms with Crippen molar-refractivity contribution in [2.75, 3.05) is 6.61 Å². The Kier molecular flexibility index (Phi) is 3.74. The van der Waals surface area contributed by atoms with Gasteiger partial charge in [-0.2, -0.15) is 0 Å². The first kappa shape index (κ1) is 11.6. The van der Waals surface area contributed by atoms with Gasteiger partial charge in [0.1, 0.15) is 0 Å². The Labute approximate surface area is 85.7 Å². The maximum Gasteiger partial charge on any atom is 0.217 e. The van der Waals surface area contributed by atoms with Gasteiger partial charge in [-0.15, -0.1) is 0 Å². The average Bonchev–Trinajstić information content (AvgIpc) is 2.18. The van der Waals surface area contributed by atoms with Crippen LogP contribution >= 0.6 is 0 Å². The first-order chi connectivity index (χ1) is 7.04. The van der Waals surface area contributed by atoms with Crippen molar-refractivity contribution in [3.05, 3.63) is 35.4 Å². The molecule has 5 heteroatoms. The van der Waals surface area contributed by atoms with E-state index in [-0.39, 0.29) is 12.5 Å². The Morgan fingerprint density at radius 2 is 2.13 bits per heavy atom. The minimum absolute atomic E-state index is 0.326. The number of hydrogen-bond donors (Lipinski definition) is 2. The highest BCUT2D eigenvalue weighted by Gasteiger charge is 2.13. The molecule has 1 aromatic carbocycles. The smallest absolute Gasteiger partial charge is 0.217 e. The van der Waals surface area contributed by atoms with Crippen LogP contribution in [0.1, 0.15) is 18.5 Å². The molecular formula is C10H11F2NO2. The van der Waals surface area contributed by atoms with Crippen molar-refractivity contribution in [1.82, 2.24) is 5.32 Å². The highest BCUT2D eigenvalue weighted by Crippen LogP contribution is 2.15. The van der Waals surface area contributed by atoms with E-state index in [2.05, 4.69) is 5.32 Å². The lowest BCUT2D eigenvalue weighted by Gasteiger charge is -2.15. The molecule has 1 unspecified atom stereocenters. The first-order valence-electron chi connectivity index (χ1n) is 4.37. The van der Waals surface area contributed by atoms with E-state index in [1.165, 1.54) is 13.0 Å². The minimum Gasteiger partial charge on any atom is -0.394 e. The predicted octanol–water partition coefficient (Wildman–Crippen LogP) is 1.13. The summed E-state index contributed by atoms with van der Waals surface area (Å²) in [4.78, 5) is 10.7. The van der Waals surface area contributed by atoms with Gasteiger partial charge in [0, 0.05) is 6.92 Å². The van der Waals surface area contributed by atoms with E-state index in [0.717, 1.165) is 12.1 Å². The zero-order valence-corrected chi connectivity index (χ0v) is 8.13. The van der Waals surface area contributed by atoms with Crippen molar-refractivity contribution < 1.29 is 18.7 Å². The van der Waals surface area contributed by atoms with Gasteiger partial charge in [0.25, 0.3) is 0 Å². The van der Waals surface area contributed by atoms with Gasteiger partial charge in [0.15, 0.2) is 11.6 Å². The number of carbonyl (C=O) groups excluding carboxylic acids is 1. The van der Waals surface area contributed by atoms with E-state index in [1.54, 1.807) is 0 Å². The molecule has 0 aromatic heterocycles. The molecule has 1 amide bonds. The Morgan fingerprint density at radius 3 is 2.60 bits per heavy atom. The van der Waals surface area contributed by atoms with Gasteiger partial charge in [0.2, 0.25) is 5.91 Å². The number of benzene rings is 1. The summed E-state index contributed by atoms with van der Waals surface area (Å²) < 4.78 is 25.4. The molecule has 0 spiro atoms. The molecule has 0 saturated heterocycles. The Hall–Kier alpha value is -1.49. The highest BCUT2D eigenvalue weighted by molar-refractivity contribution is 5.73. The summed E-state index contributed by atoms with van der Waals surface area (Å²) in [5.41, 5.74) is 0.326. The quantitative estimate of drug-likeness (QED) is 0.794. The SMILES string of the molecule is CC(=O)NC(CO)c1ccc(F)c(F)c1. The number of aliphatic hydroxyl groups is 1. The summed E-state index contributed by atoms with van der Waals surface area (Å²) in [7, 11) is 0. The van der Waals surface area contributed by atoms with Crippen LogP contribution in [-0.4, -0.2) is 17.6 Å². The number of nitrogens with one attached hydrogen (secondary N) is 1. The molecule has 1 atom stereocenters. The fourth-order valence-corrected chi connectivity index (χ4v) is 1.21. The zero-order valence-electron chi connectivity index (χ0n) is 8.13. The molecule has 0 bridgehead atoms. The second kappa shape index (κ2) is 4.84. The van der Waals surface area contributed by atoms with E-state index in [0.29, 0.717) is 5.56 Å². The van der Waals surface area contributed by atoms with E-state index < -0.39 is 17.7 Å². The fourth-order valence-electron chi connectivity index (χ4n) is 1.21. The van der Waals surface area contributed by atoms with Crippen LogP contribution in [0.2, 0.25) is 0 Å². The average molecular weight is 215 g/mol. The third-order valence-electron chi connectivity index (χ3n) is 1.91. The van der Waals surface area contributed by atoms with Gasteiger partial charge in [0.05, 0.1) is 12.6 Å². The van der Waals surface area contributed by atoms with E-state index in [9.17, 15) is 13.6 Å². The summed E-state index contributed by atoms with van der Waals surface area (Å²) in [5.74, 6) is -2.31. The van der Waals surface area contributed by atoms with Crippen LogP contribution in [0.5, 0.6) is 0 Å². The predicted molar refractivity (Wildman–Crippen MR) is 50.0 cm³/mol. The molecule has 0 aliphatic rings. The largest absolute Gasteiger partial charge is 0.394 e. The lowest BCUT2D eigenvalue weighted by Crippen LogP contribution is -2.28. The van der Waals surface area contributed by atoms with E-state index in [4.69, 9.17) is 5.11 Å². The van der Waals surface area contributed by atoms with Gasteiger partial charge in [-0.05, 0) is 17.7 Å². The van der Waals surface area contributed by atoms with Gasteiger partial charge >= 0.3 is 0 Å². The Balaban J connectivity index is 2.92. The Bertz CT molecular complexity index is 368. The Morgan fingerprint density at radius 1 is 1.47 bits per heavy atom. The van der Waals surface area contributed by atoms with E-state index in [1.807, 2.05) is 0 Å². The van der Waals surface area contributed by atoms with Gasteiger partial charge in [-0.3, -0.25) is 4.79 Å². The number of hydrogen-bond acceptors (Lipinski definition) is 2. The van der Waals surface area contributed by atoms with Gasteiger partial charge < -0.3 is 10.4 Å². The number of carbonyl (C=O) groups is 1. The second-order valence-electron chi connectivity index (χ2n) is 3.11. The summed E-state index contributed by atoms with van der Waals surface area (Å²) in [6, 6.07) is 2.51. The summed E-state index contributed by atoms with van der Waals surface area (Å²) in [5, 5.41) is 11.4. The molecule has 0 saturated carbocycles. The summed E-state index contributed by atoms with van der Waals surface area (Å²) in [6.07, 6.45) is 0. The summed E-state index contributed by atoms with van der Waals surface area (Å²) in [6.45, 7) is 0.910. The maximum atomic E-state index is 12.8. The highest BCUT2D eigenvalue weighted by atomic mass is 19.2. The van der Waals surface area contributed by atoms with Gasteiger partial charge in [-0.25, -0.2) is 8.78 Å². The van der Waals surface area contributed by atoms with Crippen molar-refractivity contribution in [1.29, 1.82) is 0 Å². The van der Waals surface area contributed by atoms with E-state index >= 15 is 0 Å². The molecule has 0 heterocycles. The molecule has 3 nitrogen and oxygen atoms in total. The number of rotatable bonds is 3. The lowest BCUT2D eigenvalue weighted by atomic mass is 10.1. The molecule has 0 fully saturated rings. The van der Waals surface area contributed by atoms with Crippen LogP contribution in [0.3, 0.4) is 0 Å². The molecule has 2 N–H and O–H groups in total. The minimum atomic E-state index is -1.00. The van der Waals surface area contributed by atoms with Crippen molar-refractivity contribution >= 4 is 5.91 Å². The lowest BCUT2D eigenvalue weighted by molar-refractivity contribution is -0.120. The molecule has 15 heavy (non-hydrogen) atoms. The topological polar surface area (TPSA) is 49.3 Å². The molecule has 1 rings (SSSR count). The zero-order chi connectivity index (χ0) is 11.4. The molecule has 0 aliphatic heterocycles. The second-order valence-corrected chi connectivity index (χ2v) is 3.11. The number of aliphatic hydroxyl groups excluding tert-OH is 1. The van der Waals surface area contributed by atoms with Crippen LogP contribution in [0.4, 0.5) is 8.78 Å². The number of amides is 1. The molecule has 0 aliphatic carbocycles. The number of halogens is 2. The van der Waals surface area contributed by atoms with Crippen molar-refractivity contribution in [3.8, 4) is 0 Å². The first-order valence-corrected chi connectivity index (χ1v) is 4.37.